The highest BCUT2D eigenvalue weighted by molar-refractivity contribution is 6.31. The Labute approximate surface area is 184 Å². The quantitative estimate of drug-likeness (QED) is 0.353. The fourth-order valence-corrected chi connectivity index (χ4v) is 4.49. The third-order valence-electron chi connectivity index (χ3n) is 5.59. The summed E-state index contributed by atoms with van der Waals surface area (Å²) in [4.78, 5) is 17.8. The zero-order chi connectivity index (χ0) is 20.8. The van der Waals surface area contributed by atoms with Gasteiger partial charge in [0.05, 0.1) is 11.4 Å². The van der Waals surface area contributed by atoms with E-state index in [4.69, 9.17) is 23.2 Å². The predicted molar refractivity (Wildman–Crippen MR) is 122 cm³/mol. The lowest BCUT2D eigenvalue weighted by Gasteiger charge is -2.15. The molecule has 0 N–H and O–H groups in total. The Morgan fingerprint density at radius 3 is 2.10 bits per heavy atom. The molecule has 148 valence electrons. The maximum absolute atomic E-state index is 13.2. The zero-order valence-corrected chi connectivity index (χ0v) is 17.8. The minimum Gasteiger partial charge on any atom is -0.292 e. The standard InChI is InChI=1S/C25H18Cl2N2O/c1-15-14-20-22(16-5-9-18(26)10-6-16)23(17-7-11-19(27)12-8-17)29(24(20)25(15)30)21-4-2-3-13-28-21/h2-13,15H,14H2,1H3. The summed E-state index contributed by atoms with van der Waals surface area (Å²) >= 11 is 12.3. The minimum absolute atomic E-state index is 0.0599. The molecule has 0 saturated heterocycles. The predicted octanol–water partition coefficient (Wildman–Crippen LogP) is 6.89. The summed E-state index contributed by atoms with van der Waals surface area (Å²) < 4.78 is 2.01. The van der Waals surface area contributed by atoms with E-state index in [1.54, 1.807) is 6.20 Å². The number of fused-ring (bicyclic) bond motifs is 1. The van der Waals surface area contributed by atoms with Crippen LogP contribution in [0.3, 0.4) is 0 Å². The van der Waals surface area contributed by atoms with Gasteiger partial charge in [0.2, 0.25) is 0 Å². The smallest absolute Gasteiger partial charge is 0.183 e. The summed E-state index contributed by atoms with van der Waals surface area (Å²) in [5, 5.41) is 1.34. The van der Waals surface area contributed by atoms with Crippen LogP contribution >= 0.6 is 23.2 Å². The number of benzene rings is 2. The van der Waals surface area contributed by atoms with Crippen molar-refractivity contribution in [2.24, 2.45) is 5.92 Å². The van der Waals surface area contributed by atoms with Crippen LogP contribution < -0.4 is 0 Å². The van der Waals surface area contributed by atoms with Crippen LogP contribution in [0.5, 0.6) is 0 Å². The van der Waals surface area contributed by atoms with Crippen LogP contribution in [0, 0.1) is 5.92 Å². The Kier molecular flexibility index (Phi) is 4.73. The van der Waals surface area contributed by atoms with Crippen molar-refractivity contribution in [3.05, 3.63) is 94.2 Å². The molecule has 0 spiro atoms. The number of pyridine rings is 1. The Bertz CT molecular complexity index is 1240. The molecule has 1 unspecified atom stereocenters. The average molecular weight is 433 g/mol. The molecule has 0 saturated carbocycles. The average Bonchev–Trinajstić information content (AvgIpc) is 3.23. The second kappa shape index (κ2) is 7.42. The van der Waals surface area contributed by atoms with Crippen molar-refractivity contribution < 1.29 is 4.79 Å². The SMILES string of the molecule is CC1Cc2c(-c3ccc(Cl)cc3)c(-c3ccc(Cl)cc3)n(-c3ccccn3)c2C1=O. The summed E-state index contributed by atoms with van der Waals surface area (Å²) in [7, 11) is 0. The van der Waals surface area contributed by atoms with Crippen LogP contribution in [0.2, 0.25) is 10.0 Å². The number of nitrogens with zero attached hydrogens (tertiary/aromatic N) is 2. The molecule has 2 aromatic carbocycles. The highest BCUT2D eigenvalue weighted by atomic mass is 35.5. The first-order valence-corrected chi connectivity index (χ1v) is 10.5. The van der Waals surface area contributed by atoms with E-state index in [0.717, 1.165) is 39.5 Å². The first-order valence-electron chi connectivity index (χ1n) is 9.79. The summed E-state index contributed by atoms with van der Waals surface area (Å²) in [5.74, 6) is 0.808. The number of rotatable bonds is 3. The van der Waals surface area contributed by atoms with Crippen LogP contribution in [-0.4, -0.2) is 15.3 Å². The Morgan fingerprint density at radius 1 is 0.867 bits per heavy atom. The van der Waals surface area contributed by atoms with E-state index in [2.05, 4.69) is 4.98 Å². The van der Waals surface area contributed by atoms with E-state index >= 15 is 0 Å². The molecule has 3 nitrogen and oxygen atoms in total. The molecule has 1 atom stereocenters. The van der Waals surface area contributed by atoms with Crippen LogP contribution in [0.1, 0.15) is 23.0 Å². The second-order valence-electron chi connectivity index (χ2n) is 7.56. The maximum Gasteiger partial charge on any atom is 0.183 e. The minimum atomic E-state index is -0.0599. The van der Waals surface area contributed by atoms with Crippen molar-refractivity contribution in [3.63, 3.8) is 0 Å². The summed E-state index contributed by atoms with van der Waals surface area (Å²) in [6, 6.07) is 21.2. The molecule has 0 fully saturated rings. The molecule has 1 aliphatic rings. The number of aromatic nitrogens is 2. The van der Waals surface area contributed by atoms with Gasteiger partial charge < -0.3 is 0 Å². The molecule has 4 aromatic rings. The first-order chi connectivity index (χ1) is 14.5. The van der Waals surface area contributed by atoms with Gasteiger partial charge >= 0.3 is 0 Å². The number of hydrogen-bond donors (Lipinski definition) is 0. The van der Waals surface area contributed by atoms with Crippen LogP contribution in [0.15, 0.2) is 72.9 Å². The summed E-state index contributed by atoms with van der Waals surface area (Å²) in [5.41, 5.74) is 5.77. The summed E-state index contributed by atoms with van der Waals surface area (Å²) in [6.07, 6.45) is 2.45. The van der Waals surface area contributed by atoms with E-state index in [1.807, 2.05) is 78.2 Å². The van der Waals surface area contributed by atoms with Gasteiger partial charge in [0.15, 0.2) is 5.78 Å². The summed E-state index contributed by atoms with van der Waals surface area (Å²) in [6.45, 7) is 1.98. The third kappa shape index (κ3) is 3.06. The van der Waals surface area contributed by atoms with Crippen molar-refractivity contribution in [1.29, 1.82) is 0 Å². The Morgan fingerprint density at radius 2 is 1.50 bits per heavy atom. The number of carbonyl (C=O) groups is 1. The van der Waals surface area contributed by atoms with Crippen molar-refractivity contribution in [2.75, 3.05) is 0 Å². The molecule has 0 radical (unpaired) electrons. The normalized spacial score (nSPS) is 15.4. The van der Waals surface area contributed by atoms with Crippen molar-refractivity contribution in [2.45, 2.75) is 13.3 Å². The van der Waals surface area contributed by atoms with Gasteiger partial charge in [-0.3, -0.25) is 9.36 Å². The van der Waals surface area contributed by atoms with E-state index < -0.39 is 0 Å². The first kappa shape index (κ1) is 19.1. The fraction of sp³-hybridized carbons (Fsp3) is 0.120. The number of ketones is 1. The zero-order valence-electron chi connectivity index (χ0n) is 16.3. The second-order valence-corrected chi connectivity index (χ2v) is 8.43. The Hall–Kier alpha value is -2.88. The van der Waals surface area contributed by atoms with Crippen molar-refractivity contribution in [3.8, 4) is 28.2 Å². The van der Waals surface area contributed by atoms with Gasteiger partial charge in [-0.25, -0.2) is 4.98 Å². The number of halogens is 2. The highest BCUT2D eigenvalue weighted by Gasteiger charge is 2.37. The van der Waals surface area contributed by atoms with Gasteiger partial charge in [0, 0.05) is 27.7 Å². The number of Topliss-reactive ketones (excluding diaryl/α,β-unsaturated/α-hetero) is 1. The molecule has 5 rings (SSSR count). The highest BCUT2D eigenvalue weighted by Crippen LogP contribution is 2.45. The molecule has 0 amide bonds. The molecular formula is C25H18Cl2N2O. The van der Waals surface area contributed by atoms with Crippen molar-refractivity contribution >= 4 is 29.0 Å². The molecule has 0 bridgehead atoms. The topological polar surface area (TPSA) is 34.9 Å². The van der Waals surface area contributed by atoms with E-state index in [9.17, 15) is 4.79 Å². The molecule has 0 aliphatic heterocycles. The van der Waals surface area contributed by atoms with Gasteiger partial charge in [0.1, 0.15) is 5.82 Å². The monoisotopic (exact) mass is 432 g/mol. The third-order valence-corrected chi connectivity index (χ3v) is 6.10. The molecule has 2 aromatic heterocycles. The lowest BCUT2D eigenvalue weighted by molar-refractivity contribution is 0.0940. The molecule has 2 heterocycles. The molecule has 5 heteroatoms. The van der Waals surface area contributed by atoms with E-state index in [0.29, 0.717) is 16.5 Å². The van der Waals surface area contributed by atoms with Gasteiger partial charge in [-0.15, -0.1) is 0 Å². The number of carbonyl (C=O) groups excluding carboxylic acids is 1. The van der Waals surface area contributed by atoms with Gasteiger partial charge in [-0.1, -0.05) is 60.5 Å². The molecular weight excluding hydrogens is 415 g/mol. The van der Waals surface area contributed by atoms with Crippen molar-refractivity contribution in [1.82, 2.24) is 9.55 Å². The molecule has 1 aliphatic carbocycles. The van der Waals surface area contributed by atoms with Crippen LogP contribution in [0.4, 0.5) is 0 Å². The molecule has 30 heavy (non-hydrogen) atoms. The fourth-order valence-electron chi connectivity index (χ4n) is 4.23. The van der Waals surface area contributed by atoms with E-state index in [1.165, 1.54) is 0 Å². The van der Waals surface area contributed by atoms with Gasteiger partial charge in [-0.2, -0.15) is 0 Å². The van der Waals surface area contributed by atoms with Gasteiger partial charge in [0.25, 0.3) is 0 Å². The maximum atomic E-state index is 13.2. The van der Waals surface area contributed by atoms with E-state index in [-0.39, 0.29) is 11.7 Å². The van der Waals surface area contributed by atoms with Crippen LogP contribution in [-0.2, 0) is 6.42 Å². The lowest BCUT2D eigenvalue weighted by atomic mass is 9.95. The number of hydrogen-bond acceptors (Lipinski definition) is 2. The largest absolute Gasteiger partial charge is 0.292 e. The van der Waals surface area contributed by atoms with Gasteiger partial charge in [-0.05, 0) is 59.5 Å². The Balaban J connectivity index is 1.90. The van der Waals surface area contributed by atoms with Crippen LogP contribution in [0.25, 0.3) is 28.2 Å². The lowest BCUT2D eigenvalue weighted by Crippen LogP contribution is -2.12.